The number of anilines is 1. The molecule has 2 saturated heterocycles. The van der Waals surface area contributed by atoms with Crippen LogP contribution in [0.2, 0.25) is 0 Å². The van der Waals surface area contributed by atoms with Crippen LogP contribution in [0.4, 0.5) is 10.2 Å². The minimum Gasteiger partial charge on any atom is -0.353 e. The second kappa shape index (κ2) is 5.11. The quantitative estimate of drug-likeness (QED) is 0.723. The van der Waals surface area contributed by atoms with Gasteiger partial charge in [0.1, 0.15) is 17.7 Å². The number of nitrogens with zero attached hydrogens (tertiary/aromatic N) is 4. The Hall–Kier alpha value is -2.11. The van der Waals surface area contributed by atoms with E-state index in [1.165, 1.54) is 12.3 Å². The maximum Gasteiger partial charge on any atom is 0.146 e. The van der Waals surface area contributed by atoms with Crippen LogP contribution in [0.15, 0.2) is 12.3 Å². The molecule has 2 fully saturated rings. The highest BCUT2D eigenvalue weighted by molar-refractivity contribution is 5.54. The number of terminal acetylenes is 1. The van der Waals surface area contributed by atoms with E-state index in [1.807, 2.05) is 6.07 Å². The summed E-state index contributed by atoms with van der Waals surface area (Å²) < 4.78 is 13.2. The molecule has 0 aliphatic carbocycles. The Morgan fingerprint density at radius 3 is 3.00 bits per heavy atom. The van der Waals surface area contributed by atoms with Gasteiger partial charge in [-0.15, -0.1) is 6.42 Å². The molecule has 2 atom stereocenters. The molecular weight excluding hydrogens is 255 g/mol. The second-order valence-corrected chi connectivity index (χ2v) is 5.23. The molecule has 1 unspecified atom stereocenters. The summed E-state index contributed by atoms with van der Waals surface area (Å²) in [6.07, 6.45) is 8.80. The van der Waals surface area contributed by atoms with Crippen LogP contribution in [0, 0.1) is 29.5 Å². The summed E-state index contributed by atoms with van der Waals surface area (Å²) in [6, 6.07) is 3.91. The zero-order valence-electron chi connectivity index (χ0n) is 11.1. The first kappa shape index (κ1) is 12.9. The molecule has 1 aromatic rings. The van der Waals surface area contributed by atoms with Crippen LogP contribution in [0.3, 0.4) is 0 Å². The summed E-state index contributed by atoms with van der Waals surface area (Å²) in [5.41, 5.74) is 0.296. The molecule has 0 aromatic carbocycles. The normalized spacial score (nSPS) is 25.9. The average Bonchev–Trinajstić information content (AvgIpc) is 2.89. The standard InChI is InChI=1S/C15H15FN4/c1-2-13-3-4-14-10-19(5-6-20(13)14)15-11(8-17)7-12(16)9-18-15/h1,7,9,13-14H,3-6,10H2/t13?,14-/m0/s1. The average molecular weight is 270 g/mol. The Bertz CT molecular complexity index is 601. The number of piperazine rings is 1. The Kier molecular flexibility index (Phi) is 3.30. The third-order valence-corrected chi connectivity index (χ3v) is 4.15. The van der Waals surface area contributed by atoms with E-state index in [9.17, 15) is 4.39 Å². The number of aromatic nitrogens is 1. The van der Waals surface area contributed by atoms with Gasteiger partial charge in [-0.25, -0.2) is 9.37 Å². The van der Waals surface area contributed by atoms with Gasteiger partial charge in [0.25, 0.3) is 0 Å². The summed E-state index contributed by atoms with van der Waals surface area (Å²) in [7, 11) is 0. The van der Waals surface area contributed by atoms with Crippen LogP contribution in [0.1, 0.15) is 18.4 Å². The Morgan fingerprint density at radius 1 is 1.40 bits per heavy atom. The van der Waals surface area contributed by atoms with Crippen molar-refractivity contribution < 1.29 is 4.39 Å². The molecule has 0 saturated carbocycles. The van der Waals surface area contributed by atoms with Gasteiger partial charge < -0.3 is 4.90 Å². The molecule has 4 nitrogen and oxygen atoms in total. The number of hydrogen-bond acceptors (Lipinski definition) is 4. The van der Waals surface area contributed by atoms with Crippen molar-refractivity contribution in [2.24, 2.45) is 0 Å². The Labute approximate surface area is 117 Å². The van der Waals surface area contributed by atoms with E-state index in [0.29, 0.717) is 17.4 Å². The molecule has 20 heavy (non-hydrogen) atoms. The zero-order chi connectivity index (χ0) is 14.1. The summed E-state index contributed by atoms with van der Waals surface area (Å²) >= 11 is 0. The number of nitriles is 1. The van der Waals surface area contributed by atoms with Crippen molar-refractivity contribution in [2.45, 2.75) is 24.9 Å². The lowest BCUT2D eigenvalue weighted by atomic mass is 10.1. The number of halogens is 1. The van der Waals surface area contributed by atoms with Gasteiger partial charge in [0.05, 0.1) is 17.8 Å². The highest BCUT2D eigenvalue weighted by atomic mass is 19.1. The predicted octanol–water partition coefficient (Wildman–Crippen LogP) is 1.38. The van der Waals surface area contributed by atoms with Crippen molar-refractivity contribution in [2.75, 3.05) is 24.5 Å². The fraction of sp³-hybridized carbons (Fsp3) is 0.467. The monoisotopic (exact) mass is 270 g/mol. The third kappa shape index (κ3) is 2.11. The molecule has 1 aromatic heterocycles. The van der Waals surface area contributed by atoms with E-state index in [0.717, 1.165) is 32.5 Å². The van der Waals surface area contributed by atoms with Crippen LogP contribution in [-0.2, 0) is 0 Å². The maximum absolute atomic E-state index is 13.2. The lowest BCUT2D eigenvalue weighted by Gasteiger charge is -2.39. The lowest BCUT2D eigenvalue weighted by Crippen LogP contribution is -2.52. The van der Waals surface area contributed by atoms with Crippen LogP contribution in [-0.4, -0.2) is 41.6 Å². The molecule has 5 heteroatoms. The van der Waals surface area contributed by atoms with Crippen molar-refractivity contribution in [3.63, 3.8) is 0 Å². The molecule has 102 valence electrons. The summed E-state index contributed by atoms with van der Waals surface area (Å²) in [6.45, 7) is 2.43. The number of hydrogen-bond donors (Lipinski definition) is 0. The number of rotatable bonds is 1. The molecule has 0 bridgehead atoms. The summed E-state index contributed by atoms with van der Waals surface area (Å²) in [4.78, 5) is 8.52. The number of pyridine rings is 1. The van der Waals surface area contributed by atoms with Crippen LogP contribution in [0.5, 0.6) is 0 Å². The van der Waals surface area contributed by atoms with Gasteiger partial charge in [0, 0.05) is 25.7 Å². The number of fused-ring (bicyclic) bond motifs is 1. The summed E-state index contributed by atoms with van der Waals surface area (Å²) in [5.74, 6) is 2.94. The van der Waals surface area contributed by atoms with Gasteiger partial charge in [-0.2, -0.15) is 5.26 Å². The first-order chi connectivity index (χ1) is 9.72. The van der Waals surface area contributed by atoms with Gasteiger partial charge in [-0.3, -0.25) is 4.90 Å². The van der Waals surface area contributed by atoms with Gasteiger partial charge in [-0.1, -0.05) is 5.92 Å². The molecular formula is C15H15FN4. The highest BCUT2D eigenvalue weighted by Gasteiger charge is 2.37. The van der Waals surface area contributed by atoms with Crippen LogP contribution >= 0.6 is 0 Å². The largest absolute Gasteiger partial charge is 0.353 e. The van der Waals surface area contributed by atoms with E-state index in [2.05, 4.69) is 20.7 Å². The zero-order valence-corrected chi connectivity index (χ0v) is 11.1. The molecule has 2 aliphatic rings. The first-order valence-electron chi connectivity index (χ1n) is 6.75. The molecule has 2 aliphatic heterocycles. The van der Waals surface area contributed by atoms with Gasteiger partial charge in [-0.05, 0) is 18.9 Å². The SMILES string of the molecule is C#CC1CC[C@H]2CN(c3ncc(F)cc3C#N)CCN12. The minimum absolute atomic E-state index is 0.235. The lowest BCUT2D eigenvalue weighted by molar-refractivity contribution is 0.202. The third-order valence-electron chi connectivity index (χ3n) is 4.15. The van der Waals surface area contributed by atoms with Crippen LogP contribution in [0.25, 0.3) is 0 Å². The van der Waals surface area contributed by atoms with E-state index < -0.39 is 5.82 Å². The maximum atomic E-state index is 13.2. The molecule has 0 spiro atoms. The fourth-order valence-corrected chi connectivity index (χ4v) is 3.19. The smallest absolute Gasteiger partial charge is 0.146 e. The Balaban J connectivity index is 1.82. The topological polar surface area (TPSA) is 43.2 Å². The first-order valence-corrected chi connectivity index (χ1v) is 6.75. The summed E-state index contributed by atoms with van der Waals surface area (Å²) in [5, 5.41) is 9.12. The second-order valence-electron chi connectivity index (χ2n) is 5.23. The van der Waals surface area contributed by atoms with Crippen molar-refractivity contribution in [3.8, 4) is 18.4 Å². The van der Waals surface area contributed by atoms with Gasteiger partial charge in [0.2, 0.25) is 0 Å². The van der Waals surface area contributed by atoms with E-state index >= 15 is 0 Å². The van der Waals surface area contributed by atoms with E-state index in [4.69, 9.17) is 11.7 Å². The molecule has 3 rings (SSSR count). The van der Waals surface area contributed by atoms with Crippen LogP contribution < -0.4 is 4.90 Å². The van der Waals surface area contributed by atoms with Crippen molar-refractivity contribution in [1.29, 1.82) is 5.26 Å². The van der Waals surface area contributed by atoms with Crippen molar-refractivity contribution >= 4 is 5.82 Å². The molecule has 0 N–H and O–H groups in total. The molecule has 0 amide bonds. The Morgan fingerprint density at radius 2 is 2.25 bits per heavy atom. The molecule has 0 radical (unpaired) electrons. The fourth-order valence-electron chi connectivity index (χ4n) is 3.19. The highest BCUT2D eigenvalue weighted by Crippen LogP contribution is 2.29. The van der Waals surface area contributed by atoms with E-state index in [1.54, 1.807) is 0 Å². The molecule has 3 heterocycles. The van der Waals surface area contributed by atoms with Crippen molar-refractivity contribution in [3.05, 3.63) is 23.6 Å². The van der Waals surface area contributed by atoms with Gasteiger partial charge >= 0.3 is 0 Å². The van der Waals surface area contributed by atoms with Gasteiger partial charge in [0.15, 0.2) is 0 Å². The van der Waals surface area contributed by atoms with Crippen molar-refractivity contribution in [1.82, 2.24) is 9.88 Å². The predicted molar refractivity (Wildman–Crippen MR) is 73.5 cm³/mol. The minimum atomic E-state index is -0.475. The van der Waals surface area contributed by atoms with E-state index in [-0.39, 0.29) is 6.04 Å².